The molecule has 7 heteroatoms. The third kappa shape index (κ3) is 4.65. The Bertz CT molecular complexity index is 1190. The first-order valence-corrected chi connectivity index (χ1v) is 10.5. The van der Waals surface area contributed by atoms with Gasteiger partial charge in [-0.25, -0.2) is 4.79 Å². The first kappa shape index (κ1) is 22.6. The van der Waals surface area contributed by atoms with Gasteiger partial charge in [0.25, 0.3) is 0 Å². The Morgan fingerprint density at radius 2 is 1.87 bits per heavy atom. The second-order valence-corrected chi connectivity index (χ2v) is 9.00. The smallest absolute Gasteiger partial charge is 0.340 e. The van der Waals surface area contributed by atoms with Crippen LogP contribution in [-0.2, 0) is 21.4 Å². The van der Waals surface area contributed by atoms with Crippen LogP contribution in [0.4, 0.5) is 0 Å². The zero-order chi connectivity index (χ0) is 22.9. The van der Waals surface area contributed by atoms with E-state index in [0.717, 1.165) is 17.4 Å². The number of hydrogen-bond donors (Lipinski definition) is 1. The number of unbranched alkanes of at least 4 members (excludes halogenated alkanes) is 1. The van der Waals surface area contributed by atoms with E-state index in [1.165, 1.54) is 0 Å². The molecule has 1 aromatic carbocycles. The molecule has 0 aliphatic carbocycles. The number of carboxylic acid groups (broad SMARTS) is 1. The second kappa shape index (κ2) is 8.57. The van der Waals surface area contributed by atoms with Gasteiger partial charge < -0.3 is 24.1 Å². The summed E-state index contributed by atoms with van der Waals surface area (Å²) in [5, 5.41) is 15.4. The Kier molecular flexibility index (Phi) is 6.25. The monoisotopic (exact) mass is 426 g/mol. The minimum absolute atomic E-state index is 0.135. The molecule has 166 valence electrons. The molecule has 0 unspecified atom stereocenters. The quantitative estimate of drug-likeness (QED) is 0.581. The van der Waals surface area contributed by atoms with Crippen molar-refractivity contribution in [3.63, 3.8) is 0 Å². The van der Waals surface area contributed by atoms with Crippen LogP contribution in [0, 0.1) is 6.92 Å². The summed E-state index contributed by atoms with van der Waals surface area (Å²) >= 11 is 0. The molecule has 31 heavy (non-hydrogen) atoms. The molecule has 3 rings (SSSR count). The molecule has 0 aliphatic heterocycles. The van der Waals surface area contributed by atoms with E-state index in [-0.39, 0.29) is 23.8 Å². The number of carbonyl (C=O) groups excluding carboxylic acids is 2. The fraction of sp³-hybridized carbons (Fsp3) is 0.458. The van der Waals surface area contributed by atoms with Crippen molar-refractivity contribution in [3.8, 4) is 0 Å². The van der Waals surface area contributed by atoms with Crippen LogP contribution in [0.1, 0.15) is 63.6 Å². The highest BCUT2D eigenvalue weighted by molar-refractivity contribution is 5.97. The summed E-state index contributed by atoms with van der Waals surface area (Å²) in [5.41, 5.74) is 2.11. The number of aliphatic carboxylic acids is 1. The van der Waals surface area contributed by atoms with Gasteiger partial charge in [0, 0.05) is 22.4 Å². The highest BCUT2D eigenvalue weighted by Gasteiger charge is 2.22. The highest BCUT2D eigenvalue weighted by Crippen LogP contribution is 2.35. The molecule has 0 saturated carbocycles. The van der Waals surface area contributed by atoms with Gasteiger partial charge >= 0.3 is 5.63 Å². The van der Waals surface area contributed by atoms with Crippen molar-refractivity contribution in [2.45, 2.75) is 71.8 Å². The maximum atomic E-state index is 12.6. The summed E-state index contributed by atoms with van der Waals surface area (Å²) in [4.78, 5) is 36.4. The van der Waals surface area contributed by atoms with Crippen LogP contribution in [0.5, 0.6) is 0 Å². The van der Waals surface area contributed by atoms with E-state index in [1.54, 1.807) is 19.3 Å². The van der Waals surface area contributed by atoms with E-state index in [2.05, 4.69) is 26.1 Å². The Hall–Kier alpha value is -3.09. The van der Waals surface area contributed by atoms with Gasteiger partial charge in [0.2, 0.25) is 5.91 Å². The third-order valence-corrected chi connectivity index (χ3v) is 5.59. The lowest BCUT2D eigenvalue weighted by Gasteiger charge is -2.19. The first-order valence-electron chi connectivity index (χ1n) is 10.5. The van der Waals surface area contributed by atoms with Gasteiger partial charge in [0.1, 0.15) is 11.2 Å². The minimum Gasteiger partial charge on any atom is -0.548 e. The molecular weight excluding hydrogens is 398 g/mol. The molecule has 1 atom stereocenters. The summed E-state index contributed by atoms with van der Waals surface area (Å²) in [6, 6.07) is 2.52. The lowest BCUT2D eigenvalue weighted by molar-refractivity contribution is -0.308. The number of fused-ring (bicyclic) bond motifs is 2. The average molecular weight is 426 g/mol. The van der Waals surface area contributed by atoms with Gasteiger partial charge in [-0.15, -0.1) is 0 Å². The number of carboxylic acids is 1. The Morgan fingerprint density at radius 1 is 1.16 bits per heavy atom. The van der Waals surface area contributed by atoms with Gasteiger partial charge in [0.05, 0.1) is 30.3 Å². The van der Waals surface area contributed by atoms with Crippen LogP contribution >= 0.6 is 0 Å². The lowest BCUT2D eigenvalue weighted by atomic mass is 9.86. The maximum Gasteiger partial charge on any atom is 0.340 e. The molecule has 0 saturated heterocycles. The van der Waals surface area contributed by atoms with Crippen molar-refractivity contribution >= 4 is 33.8 Å². The standard InChI is InChI=1S/C24H29NO6/c1-6-7-8-18(22(27)28)25-21(26)10-15-13(2)14-9-16-17(24(3,4)5)12-30-19(16)11-20(14)31-23(15)29/h9,11-12,18H,6-8,10H2,1-5H3,(H,25,26)(H,27,28)/p-1/t18-/m1/s1. The topological polar surface area (TPSA) is 113 Å². The SMILES string of the molecule is CCCC[C@@H](NC(=O)Cc1c(C)c2cc3c(C(C)(C)C)coc3cc2oc1=O)C(=O)[O-]. The van der Waals surface area contributed by atoms with Gasteiger partial charge in [-0.1, -0.05) is 40.5 Å². The van der Waals surface area contributed by atoms with Crippen molar-refractivity contribution in [1.82, 2.24) is 5.32 Å². The number of furan rings is 1. The number of aryl methyl sites for hydroxylation is 1. The van der Waals surface area contributed by atoms with Gasteiger partial charge in [-0.2, -0.15) is 0 Å². The molecule has 0 bridgehead atoms. The van der Waals surface area contributed by atoms with Crippen LogP contribution in [0.3, 0.4) is 0 Å². The minimum atomic E-state index is -1.33. The largest absolute Gasteiger partial charge is 0.548 e. The summed E-state index contributed by atoms with van der Waals surface area (Å²) in [7, 11) is 0. The van der Waals surface area contributed by atoms with Crippen molar-refractivity contribution in [2.24, 2.45) is 0 Å². The van der Waals surface area contributed by atoms with E-state index in [9.17, 15) is 19.5 Å². The number of rotatable bonds is 7. The van der Waals surface area contributed by atoms with Crippen molar-refractivity contribution in [3.05, 3.63) is 45.5 Å². The van der Waals surface area contributed by atoms with E-state index in [0.29, 0.717) is 28.5 Å². The molecular formula is C24H28NO6-. The van der Waals surface area contributed by atoms with Crippen LogP contribution in [0.15, 0.2) is 32.0 Å². The molecule has 0 radical (unpaired) electrons. The van der Waals surface area contributed by atoms with E-state index in [1.807, 2.05) is 13.0 Å². The summed E-state index contributed by atoms with van der Waals surface area (Å²) in [6.07, 6.45) is 3.17. The van der Waals surface area contributed by atoms with E-state index >= 15 is 0 Å². The maximum absolute atomic E-state index is 12.6. The molecule has 0 aliphatic rings. The Labute approximate surface area is 180 Å². The fourth-order valence-electron chi connectivity index (χ4n) is 3.76. The number of hydrogen-bond acceptors (Lipinski definition) is 6. The summed E-state index contributed by atoms with van der Waals surface area (Å²) < 4.78 is 11.1. The summed E-state index contributed by atoms with van der Waals surface area (Å²) in [6.45, 7) is 9.95. The zero-order valence-electron chi connectivity index (χ0n) is 18.6. The molecule has 2 aromatic heterocycles. The lowest BCUT2D eigenvalue weighted by Crippen LogP contribution is -2.48. The van der Waals surface area contributed by atoms with Gasteiger partial charge in [-0.3, -0.25) is 4.79 Å². The Morgan fingerprint density at radius 3 is 2.48 bits per heavy atom. The third-order valence-electron chi connectivity index (χ3n) is 5.59. The van der Waals surface area contributed by atoms with Crippen LogP contribution < -0.4 is 16.0 Å². The Balaban J connectivity index is 1.99. The first-order chi connectivity index (χ1) is 14.5. The van der Waals surface area contributed by atoms with E-state index < -0.39 is 23.5 Å². The molecule has 1 N–H and O–H groups in total. The number of carbonyl (C=O) groups is 2. The molecule has 0 spiro atoms. The average Bonchev–Trinajstić information content (AvgIpc) is 3.10. The van der Waals surface area contributed by atoms with Crippen LogP contribution in [0.25, 0.3) is 21.9 Å². The summed E-state index contributed by atoms with van der Waals surface area (Å²) in [5.74, 6) is -1.89. The van der Waals surface area contributed by atoms with E-state index in [4.69, 9.17) is 8.83 Å². The molecule has 0 fully saturated rings. The van der Waals surface area contributed by atoms with Crippen molar-refractivity contribution in [2.75, 3.05) is 0 Å². The van der Waals surface area contributed by atoms with Crippen molar-refractivity contribution < 1.29 is 23.5 Å². The number of nitrogens with one attached hydrogen (secondary N) is 1. The second-order valence-electron chi connectivity index (χ2n) is 9.00. The highest BCUT2D eigenvalue weighted by atomic mass is 16.4. The number of benzene rings is 1. The van der Waals surface area contributed by atoms with Crippen LogP contribution in [0.2, 0.25) is 0 Å². The molecule has 7 nitrogen and oxygen atoms in total. The van der Waals surface area contributed by atoms with Crippen LogP contribution in [-0.4, -0.2) is 17.9 Å². The molecule has 3 aromatic rings. The molecule has 1 amide bonds. The normalized spacial score (nSPS) is 12.9. The van der Waals surface area contributed by atoms with Gasteiger partial charge in [-0.05, 0) is 30.4 Å². The molecule has 2 heterocycles. The number of amides is 1. The predicted molar refractivity (Wildman–Crippen MR) is 116 cm³/mol. The van der Waals surface area contributed by atoms with Gasteiger partial charge in [0.15, 0.2) is 0 Å². The van der Waals surface area contributed by atoms with Crippen molar-refractivity contribution in [1.29, 1.82) is 0 Å². The zero-order valence-corrected chi connectivity index (χ0v) is 18.6. The fourth-order valence-corrected chi connectivity index (χ4v) is 3.76. The predicted octanol–water partition coefficient (Wildman–Crippen LogP) is 3.11.